The third kappa shape index (κ3) is 5.14. The molecule has 12 rings (SSSR count). The predicted octanol–water partition coefficient (Wildman–Crippen LogP) is 14.2. The molecule has 0 saturated carbocycles. The standard InChI is InChI=1S/C54H35N3O2/c1-54(2)44-24-11-10-22-42(44)48-45(54)28-29-47-50(48)59-49-36(23-13-25-46(49)58-47)33-16-12-17-34(30-33)52-55-51(32-14-4-3-5-15-32)56-53(57-52)35-26-27-41-39-20-7-6-18-37(39)38-19-8-9-21-40(38)43(41)31-35/h3-31H,1-2H3. The minimum Gasteiger partial charge on any atom is -0.449 e. The van der Waals surface area contributed by atoms with E-state index in [0.29, 0.717) is 29.0 Å². The number of hydrogen-bond donors (Lipinski definition) is 0. The van der Waals surface area contributed by atoms with E-state index in [-0.39, 0.29) is 5.41 Å². The third-order valence-corrected chi connectivity index (χ3v) is 12.2. The van der Waals surface area contributed by atoms with Crippen LogP contribution in [0.1, 0.15) is 25.0 Å². The van der Waals surface area contributed by atoms with E-state index in [9.17, 15) is 0 Å². The Labute approximate surface area is 341 Å². The minimum absolute atomic E-state index is 0.157. The molecule has 2 heterocycles. The van der Waals surface area contributed by atoms with Crippen LogP contribution in [0, 0.1) is 0 Å². The molecule has 0 unspecified atom stereocenters. The van der Waals surface area contributed by atoms with Crippen molar-refractivity contribution in [1.82, 2.24) is 15.0 Å². The van der Waals surface area contributed by atoms with E-state index in [2.05, 4.69) is 141 Å². The summed E-state index contributed by atoms with van der Waals surface area (Å²) in [6.45, 7) is 4.55. The van der Waals surface area contributed by atoms with E-state index in [1.807, 2.05) is 48.5 Å². The predicted molar refractivity (Wildman–Crippen MR) is 238 cm³/mol. The van der Waals surface area contributed by atoms with Gasteiger partial charge in [-0.25, -0.2) is 15.0 Å². The third-order valence-electron chi connectivity index (χ3n) is 12.2. The largest absolute Gasteiger partial charge is 0.449 e. The fourth-order valence-corrected chi connectivity index (χ4v) is 9.30. The molecule has 1 aliphatic heterocycles. The summed E-state index contributed by atoms with van der Waals surface area (Å²) in [5.74, 6) is 4.64. The van der Waals surface area contributed by atoms with E-state index >= 15 is 0 Å². The molecule has 0 amide bonds. The number of nitrogens with zero attached hydrogens (tertiary/aromatic N) is 3. The van der Waals surface area contributed by atoms with E-state index < -0.39 is 0 Å². The van der Waals surface area contributed by atoms with Gasteiger partial charge in [0.05, 0.1) is 0 Å². The SMILES string of the molecule is CC1(C)c2ccccc2-c2c1ccc1c2Oc2c(cccc2-c2cccc(-c3nc(-c4ccccc4)nc(-c4ccc5c6ccccc6c6ccccc6c5c4)n3)c2)O1. The van der Waals surface area contributed by atoms with Crippen molar-refractivity contribution >= 4 is 32.3 Å². The number of aromatic nitrogens is 3. The summed E-state index contributed by atoms with van der Waals surface area (Å²) < 4.78 is 13.6. The highest BCUT2D eigenvalue weighted by atomic mass is 16.6. The highest BCUT2D eigenvalue weighted by Gasteiger charge is 2.39. The molecule has 9 aromatic carbocycles. The summed E-state index contributed by atoms with van der Waals surface area (Å²) in [6, 6.07) is 61.2. The lowest BCUT2D eigenvalue weighted by Gasteiger charge is -2.26. The number of hydrogen-bond acceptors (Lipinski definition) is 5. The molecule has 59 heavy (non-hydrogen) atoms. The van der Waals surface area contributed by atoms with Crippen molar-refractivity contribution in [2.24, 2.45) is 0 Å². The molecule has 0 fully saturated rings. The van der Waals surface area contributed by atoms with Crippen LogP contribution in [0.3, 0.4) is 0 Å². The summed E-state index contributed by atoms with van der Waals surface area (Å²) in [5.41, 5.74) is 9.24. The lowest BCUT2D eigenvalue weighted by atomic mass is 9.82. The molecule has 5 heteroatoms. The molecular weight excluding hydrogens is 723 g/mol. The summed E-state index contributed by atoms with van der Waals surface area (Å²) >= 11 is 0. The topological polar surface area (TPSA) is 57.1 Å². The molecule has 278 valence electrons. The van der Waals surface area contributed by atoms with Gasteiger partial charge in [-0.2, -0.15) is 0 Å². The van der Waals surface area contributed by atoms with Crippen LogP contribution in [-0.2, 0) is 5.41 Å². The molecule has 0 radical (unpaired) electrons. The number of para-hydroxylation sites is 1. The van der Waals surface area contributed by atoms with Crippen LogP contribution in [-0.4, -0.2) is 15.0 Å². The van der Waals surface area contributed by atoms with E-state index in [1.54, 1.807) is 0 Å². The number of rotatable bonds is 4. The Balaban J connectivity index is 0.992. The summed E-state index contributed by atoms with van der Waals surface area (Å²) in [6.07, 6.45) is 0. The Morgan fingerprint density at radius 2 is 0.898 bits per heavy atom. The van der Waals surface area contributed by atoms with Crippen LogP contribution in [0.15, 0.2) is 176 Å². The van der Waals surface area contributed by atoms with Gasteiger partial charge in [-0.3, -0.25) is 0 Å². The molecule has 10 aromatic rings. The molecule has 1 aromatic heterocycles. The number of benzene rings is 9. The van der Waals surface area contributed by atoms with E-state index in [1.165, 1.54) is 43.6 Å². The fourth-order valence-electron chi connectivity index (χ4n) is 9.30. The summed E-state index contributed by atoms with van der Waals surface area (Å²) in [5, 5.41) is 7.26. The van der Waals surface area contributed by atoms with Crippen molar-refractivity contribution in [3.8, 4) is 79.4 Å². The van der Waals surface area contributed by atoms with Gasteiger partial charge in [0, 0.05) is 33.2 Å². The molecule has 1 aliphatic carbocycles. The zero-order valence-corrected chi connectivity index (χ0v) is 32.4. The van der Waals surface area contributed by atoms with Crippen LogP contribution in [0.4, 0.5) is 0 Å². The van der Waals surface area contributed by atoms with Gasteiger partial charge in [0.15, 0.2) is 40.5 Å². The number of ether oxygens (including phenoxy) is 2. The molecule has 0 spiro atoms. The first-order valence-corrected chi connectivity index (χ1v) is 20.0. The van der Waals surface area contributed by atoms with E-state index in [4.69, 9.17) is 24.4 Å². The van der Waals surface area contributed by atoms with Gasteiger partial charge in [-0.05, 0) is 78.8 Å². The molecule has 2 aliphatic rings. The van der Waals surface area contributed by atoms with Gasteiger partial charge in [-0.15, -0.1) is 0 Å². The zero-order chi connectivity index (χ0) is 39.2. The van der Waals surface area contributed by atoms with Crippen molar-refractivity contribution in [2.45, 2.75) is 19.3 Å². The first-order valence-electron chi connectivity index (χ1n) is 20.0. The van der Waals surface area contributed by atoms with Gasteiger partial charge in [0.2, 0.25) is 0 Å². The van der Waals surface area contributed by atoms with Crippen LogP contribution >= 0.6 is 0 Å². The van der Waals surface area contributed by atoms with Gasteiger partial charge in [0.1, 0.15) is 0 Å². The highest BCUT2D eigenvalue weighted by molar-refractivity contribution is 6.25. The van der Waals surface area contributed by atoms with Crippen molar-refractivity contribution in [3.05, 3.63) is 187 Å². The molecule has 0 atom stereocenters. The Kier molecular flexibility index (Phi) is 7.20. The van der Waals surface area contributed by atoms with Crippen molar-refractivity contribution in [2.75, 3.05) is 0 Å². The maximum absolute atomic E-state index is 6.98. The van der Waals surface area contributed by atoms with Crippen LogP contribution in [0.25, 0.3) is 88.7 Å². The first-order chi connectivity index (χ1) is 29.0. The average molecular weight is 758 g/mol. The Bertz CT molecular complexity index is 3340. The maximum Gasteiger partial charge on any atom is 0.178 e. The smallest absolute Gasteiger partial charge is 0.178 e. The van der Waals surface area contributed by atoms with Crippen molar-refractivity contribution < 1.29 is 9.47 Å². The monoisotopic (exact) mass is 757 g/mol. The maximum atomic E-state index is 6.98. The summed E-state index contributed by atoms with van der Waals surface area (Å²) in [7, 11) is 0. The van der Waals surface area contributed by atoms with Gasteiger partial charge in [-0.1, -0.05) is 166 Å². The van der Waals surface area contributed by atoms with Gasteiger partial charge in [0.25, 0.3) is 0 Å². The average Bonchev–Trinajstić information content (AvgIpc) is 3.54. The van der Waals surface area contributed by atoms with E-state index in [0.717, 1.165) is 50.3 Å². The van der Waals surface area contributed by atoms with Crippen molar-refractivity contribution in [1.29, 1.82) is 0 Å². The Morgan fingerprint density at radius 3 is 1.64 bits per heavy atom. The normalized spacial score (nSPS) is 13.3. The summed E-state index contributed by atoms with van der Waals surface area (Å²) in [4.78, 5) is 15.4. The molecule has 5 nitrogen and oxygen atoms in total. The zero-order valence-electron chi connectivity index (χ0n) is 32.4. The Morgan fingerprint density at radius 1 is 0.356 bits per heavy atom. The molecule has 0 N–H and O–H groups in total. The first kappa shape index (κ1) is 33.5. The Hall–Kier alpha value is -7.63. The van der Waals surface area contributed by atoms with Gasteiger partial charge < -0.3 is 9.47 Å². The van der Waals surface area contributed by atoms with Crippen LogP contribution in [0.5, 0.6) is 23.0 Å². The second-order valence-electron chi connectivity index (χ2n) is 15.9. The fraction of sp³-hybridized carbons (Fsp3) is 0.0556. The second kappa shape index (κ2) is 12.7. The minimum atomic E-state index is -0.157. The highest BCUT2D eigenvalue weighted by Crippen LogP contribution is 2.59. The lowest BCUT2D eigenvalue weighted by Crippen LogP contribution is -2.15. The molecular formula is C54H35N3O2. The van der Waals surface area contributed by atoms with Crippen LogP contribution in [0.2, 0.25) is 0 Å². The lowest BCUT2D eigenvalue weighted by molar-refractivity contribution is 0.361. The van der Waals surface area contributed by atoms with Gasteiger partial charge >= 0.3 is 0 Å². The molecule has 0 bridgehead atoms. The quantitative estimate of drug-likeness (QED) is 0.167. The second-order valence-corrected chi connectivity index (χ2v) is 15.9. The number of fused-ring (bicyclic) bond motifs is 12. The molecule has 0 saturated heterocycles. The van der Waals surface area contributed by atoms with Crippen molar-refractivity contribution in [3.63, 3.8) is 0 Å². The van der Waals surface area contributed by atoms with Crippen LogP contribution < -0.4 is 9.47 Å².